The number of likely N-dealkylation sites (tertiary alicyclic amines) is 1. The van der Waals surface area contributed by atoms with Crippen molar-refractivity contribution in [1.29, 1.82) is 0 Å². The lowest BCUT2D eigenvalue weighted by Crippen LogP contribution is -2.48. The van der Waals surface area contributed by atoms with Crippen LogP contribution in [-0.2, 0) is 15.5 Å². The van der Waals surface area contributed by atoms with Crippen molar-refractivity contribution in [3.63, 3.8) is 0 Å². The van der Waals surface area contributed by atoms with Gasteiger partial charge in [0.2, 0.25) is 0 Å². The minimum Gasteiger partial charge on any atom is -0.444 e. The zero-order chi connectivity index (χ0) is 17.0. The predicted molar refractivity (Wildman–Crippen MR) is 88.9 cm³/mol. The fraction of sp³-hybridized carbons (Fsp3) is 0.667. The number of piperidine rings is 1. The van der Waals surface area contributed by atoms with Crippen molar-refractivity contribution in [1.82, 2.24) is 14.9 Å². The van der Waals surface area contributed by atoms with Crippen LogP contribution in [0.4, 0.5) is 4.79 Å². The third-order valence-electron chi connectivity index (χ3n) is 3.44. The average Bonchev–Trinajstić information content (AvgIpc) is 2.46. The minimum absolute atomic E-state index is 0.117. The van der Waals surface area contributed by atoms with Gasteiger partial charge >= 0.3 is 6.09 Å². The Kier molecular flexibility index (Phi) is 5.97. The van der Waals surface area contributed by atoms with Gasteiger partial charge < -0.3 is 9.64 Å². The molecule has 1 saturated heterocycles. The van der Waals surface area contributed by atoms with Crippen molar-refractivity contribution < 1.29 is 13.7 Å². The maximum absolute atomic E-state index is 12.5. The topological polar surface area (TPSA) is 72.4 Å². The maximum Gasteiger partial charge on any atom is 0.410 e. The number of ether oxygens (including phenoxy) is 1. The van der Waals surface area contributed by atoms with E-state index < -0.39 is 16.4 Å². The van der Waals surface area contributed by atoms with Crippen molar-refractivity contribution >= 4 is 28.5 Å². The number of carbonyl (C=O) groups is 1. The molecule has 1 aliphatic heterocycles. The van der Waals surface area contributed by atoms with Gasteiger partial charge in [-0.3, -0.25) is 4.21 Å². The van der Waals surface area contributed by atoms with E-state index in [1.807, 2.05) is 20.8 Å². The normalized spacial score (nSPS) is 20.2. The molecule has 0 aliphatic carbocycles. The molecule has 1 aromatic rings. The Morgan fingerprint density at radius 1 is 1.43 bits per heavy atom. The summed E-state index contributed by atoms with van der Waals surface area (Å²) in [5, 5.41) is 0.649. The van der Waals surface area contributed by atoms with Crippen LogP contribution in [0.3, 0.4) is 0 Å². The van der Waals surface area contributed by atoms with Gasteiger partial charge in [0.1, 0.15) is 22.1 Å². The molecule has 0 spiro atoms. The van der Waals surface area contributed by atoms with Gasteiger partial charge in [-0.1, -0.05) is 11.6 Å². The molecule has 6 nitrogen and oxygen atoms in total. The quantitative estimate of drug-likeness (QED) is 0.775. The molecule has 1 fully saturated rings. The van der Waals surface area contributed by atoms with Crippen molar-refractivity contribution in [3.8, 4) is 0 Å². The number of rotatable bonds is 3. The van der Waals surface area contributed by atoms with Gasteiger partial charge in [-0.2, -0.15) is 0 Å². The number of amides is 1. The Balaban J connectivity index is 2.06. The van der Waals surface area contributed by atoms with Crippen LogP contribution in [0.2, 0.25) is 5.15 Å². The number of hydrogen-bond donors (Lipinski definition) is 0. The average molecular weight is 360 g/mol. The molecule has 0 N–H and O–H groups in total. The highest BCUT2D eigenvalue weighted by atomic mass is 35.5. The molecule has 0 saturated carbocycles. The summed E-state index contributed by atoms with van der Waals surface area (Å²) >= 11 is 5.81. The Hall–Kier alpha value is -1.21. The summed E-state index contributed by atoms with van der Waals surface area (Å²) in [6.07, 6.45) is 3.69. The summed E-state index contributed by atoms with van der Waals surface area (Å²) in [6.45, 7) is 6.14. The number of carbonyl (C=O) groups excluding carboxylic acids is 1. The standard InChI is InChI=1S/C15H22ClN3O3S/c1-15(2,3)22-14(20)19-7-5-4-6-11(19)9-23(21)13-8-12(16)17-10-18-13/h8,10-11H,4-7,9H2,1-3H3/t11-,23-/m1/s1. The molecule has 1 amide bonds. The van der Waals surface area contributed by atoms with E-state index in [0.717, 1.165) is 19.3 Å². The summed E-state index contributed by atoms with van der Waals surface area (Å²) < 4.78 is 18.0. The monoisotopic (exact) mass is 359 g/mol. The molecule has 8 heteroatoms. The largest absolute Gasteiger partial charge is 0.444 e. The van der Waals surface area contributed by atoms with Gasteiger partial charge in [0, 0.05) is 18.7 Å². The summed E-state index contributed by atoms with van der Waals surface area (Å²) in [6, 6.07) is 1.38. The highest BCUT2D eigenvalue weighted by Gasteiger charge is 2.31. The molecule has 1 aromatic heterocycles. The second kappa shape index (κ2) is 7.57. The molecule has 0 unspecified atom stereocenters. The van der Waals surface area contributed by atoms with Crippen LogP contribution in [0.15, 0.2) is 17.4 Å². The summed E-state index contributed by atoms with van der Waals surface area (Å²) in [4.78, 5) is 21.8. The number of halogens is 1. The molecular formula is C15H22ClN3O3S. The summed E-state index contributed by atoms with van der Waals surface area (Å²) in [5.41, 5.74) is -0.543. The second-order valence-corrected chi connectivity index (χ2v) is 8.34. The third-order valence-corrected chi connectivity index (χ3v) is 5.02. The van der Waals surface area contributed by atoms with E-state index in [1.54, 1.807) is 4.90 Å². The lowest BCUT2D eigenvalue weighted by atomic mass is 10.0. The van der Waals surface area contributed by atoms with E-state index in [9.17, 15) is 9.00 Å². The van der Waals surface area contributed by atoms with Gasteiger partial charge in [-0.15, -0.1) is 0 Å². The van der Waals surface area contributed by atoms with Crippen molar-refractivity contribution in [3.05, 3.63) is 17.5 Å². The van der Waals surface area contributed by atoms with Gasteiger partial charge in [-0.25, -0.2) is 14.8 Å². The third kappa shape index (κ3) is 5.42. The molecule has 2 atom stereocenters. The molecule has 0 bridgehead atoms. The zero-order valence-electron chi connectivity index (χ0n) is 13.6. The van der Waals surface area contributed by atoms with E-state index >= 15 is 0 Å². The number of nitrogens with zero attached hydrogens (tertiary/aromatic N) is 3. The molecule has 2 rings (SSSR count). The van der Waals surface area contributed by atoms with Crippen LogP contribution < -0.4 is 0 Å². The van der Waals surface area contributed by atoms with Crippen LogP contribution in [-0.4, -0.2) is 49.1 Å². The van der Waals surface area contributed by atoms with E-state index in [1.165, 1.54) is 12.4 Å². The first-order valence-electron chi connectivity index (χ1n) is 7.62. The highest BCUT2D eigenvalue weighted by molar-refractivity contribution is 7.85. The van der Waals surface area contributed by atoms with Gasteiger partial charge in [0.15, 0.2) is 0 Å². The molecule has 2 heterocycles. The molecule has 128 valence electrons. The summed E-state index contributed by atoms with van der Waals surface area (Å²) in [7, 11) is -1.34. The van der Waals surface area contributed by atoms with E-state index in [2.05, 4.69) is 9.97 Å². The van der Waals surface area contributed by atoms with Crippen LogP contribution >= 0.6 is 11.6 Å². The molecule has 0 aromatic carbocycles. The zero-order valence-corrected chi connectivity index (χ0v) is 15.2. The van der Waals surface area contributed by atoms with Crippen molar-refractivity contribution in [2.45, 2.75) is 56.7 Å². The summed E-state index contributed by atoms with van der Waals surface area (Å²) in [5.74, 6) is 0.326. The molecular weight excluding hydrogens is 338 g/mol. The van der Waals surface area contributed by atoms with Crippen LogP contribution in [0.25, 0.3) is 0 Å². The Bertz CT molecular complexity index is 592. The lowest BCUT2D eigenvalue weighted by Gasteiger charge is -2.36. The molecule has 0 radical (unpaired) electrons. The van der Waals surface area contributed by atoms with Crippen molar-refractivity contribution in [2.75, 3.05) is 12.3 Å². The SMILES string of the molecule is CC(C)(C)OC(=O)N1CCCC[C@@H]1C[S@@](=O)c1cc(Cl)ncn1. The molecule has 23 heavy (non-hydrogen) atoms. The van der Waals surface area contributed by atoms with Crippen molar-refractivity contribution in [2.24, 2.45) is 0 Å². The maximum atomic E-state index is 12.5. The molecule has 1 aliphatic rings. The van der Waals surface area contributed by atoms with Crippen LogP contribution in [0, 0.1) is 0 Å². The van der Waals surface area contributed by atoms with Gasteiger partial charge in [0.25, 0.3) is 0 Å². The van der Waals surface area contributed by atoms with Gasteiger partial charge in [-0.05, 0) is 40.0 Å². The van der Waals surface area contributed by atoms with E-state index in [4.69, 9.17) is 16.3 Å². The number of aromatic nitrogens is 2. The fourth-order valence-corrected chi connectivity index (χ4v) is 3.92. The Labute approximate surface area is 144 Å². The minimum atomic E-state index is -1.34. The lowest BCUT2D eigenvalue weighted by molar-refractivity contribution is 0.0125. The first-order chi connectivity index (χ1) is 10.8. The second-order valence-electron chi connectivity index (χ2n) is 6.51. The first kappa shape index (κ1) is 18.1. The fourth-order valence-electron chi connectivity index (χ4n) is 2.44. The van der Waals surface area contributed by atoms with E-state index in [0.29, 0.717) is 17.3 Å². The number of hydrogen-bond acceptors (Lipinski definition) is 5. The van der Waals surface area contributed by atoms with Gasteiger partial charge in [0.05, 0.1) is 16.6 Å². The predicted octanol–water partition coefficient (Wildman–Crippen LogP) is 3.03. The Morgan fingerprint density at radius 3 is 2.83 bits per heavy atom. The van der Waals surface area contributed by atoms with Crippen LogP contribution in [0.5, 0.6) is 0 Å². The Morgan fingerprint density at radius 2 is 2.17 bits per heavy atom. The van der Waals surface area contributed by atoms with Crippen LogP contribution in [0.1, 0.15) is 40.0 Å². The van der Waals surface area contributed by atoms with E-state index in [-0.39, 0.29) is 17.3 Å². The smallest absolute Gasteiger partial charge is 0.410 e. The first-order valence-corrected chi connectivity index (χ1v) is 9.31. The highest BCUT2D eigenvalue weighted by Crippen LogP contribution is 2.22.